The van der Waals surface area contributed by atoms with Crippen molar-refractivity contribution in [2.45, 2.75) is 37.6 Å². The van der Waals surface area contributed by atoms with Gasteiger partial charge in [0.15, 0.2) is 0 Å². The van der Waals surface area contributed by atoms with E-state index in [0.29, 0.717) is 6.54 Å². The van der Waals surface area contributed by atoms with Crippen LogP contribution < -0.4 is 0 Å². The Kier molecular flexibility index (Phi) is 4.60. The van der Waals surface area contributed by atoms with Crippen molar-refractivity contribution in [1.29, 1.82) is 0 Å². The lowest BCUT2D eigenvalue weighted by Crippen LogP contribution is -2.45. The van der Waals surface area contributed by atoms with Gasteiger partial charge in [-0.1, -0.05) is 18.5 Å². The number of halogens is 1. The van der Waals surface area contributed by atoms with Crippen molar-refractivity contribution in [1.82, 2.24) is 4.31 Å². The molecule has 1 heterocycles. The molecule has 2 atom stereocenters. The Morgan fingerprint density at radius 3 is 2.67 bits per heavy atom. The van der Waals surface area contributed by atoms with E-state index in [9.17, 15) is 13.2 Å². The molecule has 0 aromatic heterocycles. The number of hydrogen-bond donors (Lipinski definition) is 1. The second-order valence-electron chi connectivity index (χ2n) is 5.43. The van der Waals surface area contributed by atoms with E-state index in [4.69, 9.17) is 16.7 Å². The highest BCUT2D eigenvalue weighted by molar-refractivity contribution is 7.89. The van der Waals surface area contributed by atoms with Crippen molar-refractivity contribution in [3.63, 3.8) is 0 Å². The Bertz CT molecular complexity index is 659. The zero-order valence-corrected chi connectivity index (χ0v) is 13.5. The molecule has 0 aliphatic carbocycles. The molecule has 1 aromatic carbocycles. The average Bonchev–Trinajstić information content (AvgIpc) is 2.41. The maximum absolute atomic E-state index is 12.8. The fourth-order valence-electron chi connectivity index (χ4n) is 2.60. The number of nitrogens with zero attached hydrogens (tertiary/aromatic N) is 1. The molecule has 0 saturated carbocycles. The van der Waals surface area contributed by atoms with Gasteiger partial charge in [-0.3, -0.25) is 0 Å². The van der Waals surface area contributed by atoms with E-state index in [2.05, 4.69) is 0 Å². The predicted octanol–water partition coefficient (Wildman–Crippen LogP) is 2.85. The Morgan fingerprint density at radius 2 is 2.05 bits per heavy atom. The highest BCUT2D eigenvalue weighted by atomic mass is 35.5. The first-order chi connectivity index (χ1) is 9.75. The summed E-state index contributed by atoms with van der Waals surface area (Å²) in [6, 6.07) is 3.61. The van der Waals surface area contributed by atoms with Gasteiger partial charge in [0.05, 0.1) is 10.6 Å². The van der Waals surface area contributed by atoms with E-state index >= 15 is 0 Å². The summed E-state index contributed by atoms with van der Waals surface area (Å²) in [4.78, 5) is 10.9. The molecule has 21 heavy (non-hydrogen) atoms. The van der Waals surface area contributed by atoms with E-state index in [1.165, 1.54) is 16.4 Å². The van der Waals surface area contributed by atoms with Crippen LogP contribution in [0.2, 0.25) is 5.02 Å². The molecule has 0 radical (unpaired) electrons. The number of piperidine rings is 1. The van der Waals surface area contributed by atoms with Gasteiger partial charge in [-0.25, -0.2) is 13.2 Å². The third-order valence-corrected chi connectivity index (χ3v) is 6.55. The zero-order valence-electron chi connectivity index (χ0n) is 11.9. The smallest absolute Gasteiger partial charge is 0.335 e. The number of rotatable bonds is 3. The second-order valence-corrected chi connectivity index (χ2v) is 7.69. The Morgan fingerprint density at radius 1 is 1.38 bits per heavy atom. The van der Waals surface area contributed by atoms with Gasteiger partial charge in [0, 0.05) is 12.6 Å². The molecule has 1 N–H and O–H groups in total. The molecule has 0 spiro atoms. The van der Waals surface area contributed by atoms with Crippen LogP contribution in [0.3, 0.4) is 0 Å². The Labute approximate surface area is 129 Å². The molecule has 1 saturated heterocycles. The van der Waals surface area contributed by atoms with E-state index in [1.54, 1.807) is 0 Å². The number of carboxylic acids is 1. The summed E-state index contributed by atoms with van der Waals surface area (Å²) >= 11 is 5.99. The highest BCUT2D eigenvalue weighted by Crippen LogP contribution is 2.32. The number of sulfonamides is 1. The third kappa shape index (κ3) is 3.07. The summed E-state index contributed by atoms with van der Waals surface area (Å²) in [6.45, 7) is 4.32. The van der Waals surface area contributed by atoms with Gasteiger partial charge in [-0.05, 0) is 43.9 Å². The SMILES string of the molecule is CC1CCCN(S(=O)(=O)c2cc(C(=O)O)ccc2Cl)C1C. The number of benzene rings is 1. The number of carbonyl (C=O) groups is 1. The van der Waals surface area contributed by atoms with Crippen LogP contribution in [0.25, 0.3) is 0 Å². The Balaban J connectivity index is 2.48. The van der Waals surface area contributed by atoms with Crippen LogP contribution in [-0.4, -0.2) is 36.4 Å². The van der Waals surface area contributed by atoms with Gasteiger partial charge in [0.25, 0.3) is 0 Å². The average molecular weight is 332 g/mol. The number of hydrogen-bond acceptors (Lipinski definition) is 3. The van der Waals surface area contributed by atoms with Crippen LogP contribution >= 0.6 is 11.6 Å². The van der Waals surface area contributed by atoms with E-state index in [-0.39, 0.29) is 27.4 Å². The maximum atomic E-state index is 12.8. The van der Waals surface area contributed by atoms with Crippen LogP contribution in [0, 0.1) is 5.92 Å². The monoisotopic (exact) mass is 331 g/mol. The van der Waals surface area contributed by atoms with Crippen molar-refractivity contribution in [3.8, 4) is 0 Å². The van der Waals surface area contributed by atoms with Crippen molar-refractivity contribution in [2.75, 3.05) is 6.54 Å². The van der Waals surface area contributed by atoms with Crippen LogP contribution in [0.5, 0.6) is 0 Å². The first-order valence-electron chi connectivity index (χ1n) is 6.80. The van der Waals surface area contributed by atoms with Gasteiger partial charge in [0.1, 0.15) is 4.90 Å². The number of carboxylic acid groups (broad SMARTS) is 1. The predicted molar refractivity (Wildman–Crippen MR) is 80.2 cm³/mol. The molecular weight excluding hydrogens is 314 g/mol. The van der Waals surface area contributed by atoms with Gasteiger partial charge in [-0.2, -0.15) is 4.31 Å². The van der Waals surface area contributed by atoms with Crippen molar-refractivity contribution < 1.29 is 18.3 Å². The molecule has 116 valence electrons. The van der Waals surface area contributed by atoms with Crippen molar-refractivity contribution >= 4 is 27.6 Å². The van der Waals surface area contributed by atoms with Gasteiger partial charge < -0.3 is 5.11 Å². The lowest BCUT2D eigenvalue weighted by Gasteiger charge is -2.36. The summed E-state index contributed by atoms with van der Waals surface area (Å²) in [5.41, 5.74) is -0.0873. The quantitative estimate of drug-likeness (QED) is 0.924. The van der Waals surface area contributed by atoms with Crippen LogP contribution in [0.15, 0.2) is 23.1 Å². The lowest BCUT2D eigenvalue weighted by molar-refractivity contribution is 0.0696. The molecule has 2 unspecified atom stereocenters. The molecule has 7 heteroatoms. The summed E-state index contributed by atoms with van der Waals surface area (Å²) < 4.78 is 27.0. The van der Waals surface area contributed by atoms with Gasteiger partial charge in [-0.15, -0.1) is 0 Å². The molecule has 0 amide bonds. The summed E-state index contributed by atoms with van der Waals surface area (Å²) in [5.74, 6) is -0.918. The topological polar surface area (TPSA) is 74.7 Å². The Hall–Kier alpha value is -1.11. The third-order valence-electron chi connectivity index (χ3n) is 4.08. The minimum Gasteiger partial charge on any atom is -0.478 e. The first-order valence-corrected chi connectivity index (χ1v) is 8.61. The van der Waals surface area contributed by atoms with E-state index < -0.39 is 16.0 Å². The lowest BCUT2D eigenvalue weighted by atomic mass is 9.94. The van der Waals surface area contributed by atoms with Gasteiger partial charge >= 0.3 is 5.97 Å². The fraction of sp³-hybridized carbons (Fsp3) is 0.500. The van der Waals surface area contributed by atoms with Crippen LogP contribution in [0.1, 0.15) is 37.0 Å². The molecule has 1 aliphatic heterocycles. The van der Waals surface area contributed by atoms with E-state index in [0.717, 1.165) is 18.9 Å². The fourth-order valence-corrected chi connectivity index (χ4v) is 4.87. The summed E-state index contributed by atoms with van der Waals surface area (Å²) in [7, 11) is -3.79. The minimum atomic E-state index is -3.79. The van der Waals surface area contributed by atoms with Crippen molar-refractivity contribution in [2.24, 2.45) is 5.92 Å². The van der Waals surface area contributed by atoms with Crippen LogP contribution in [0.4, 0.5) is 0 Å². The largest absolute Gasteiger partial charge is 0.478 e. The molecule has 5 nitrogen and oxygen atoms in total. The van der Waals surface area contributed by atoms with E-state index in [1.807, 2.05) is 13.8 Å². The summed E-state index contributed by atoms with van der Waals surface area (Å²) in [5, 5.41) is 9.07. The minimum absolute atomic E-state index is 0.0467. The first kappa shape index (κ1) is 16.3. The van der Waals surface area contributed by atoms with Crippen molar-refractivity contribution in [3.05, 3.63) is 28.8 Å². The molecule has 1 aliphatic rings. The van der Waals surface area contributed by atoms with Gasteiger partial charge in [0.2, 0.25) is 10.0 Å². The summed E-state index contributed by atoms with van der Waals surface area (Å²) in [6.07, 6.45) is 1.77. The second kappa shape index (κ2) is 5.94. The molecular formula is C14H18ClNO4S. The normalized spacial score (nSPS) is 24.0. The zero-order chi connectivity index (χ0) is 15.8. The number of aromatic carboxylic acids is 1. The maximum Gasteiger partial charge on any atom is 0.335 e. The molecule has 0 bridgehead atoms. The highest BCUT2D eigenvalue weighted by Gasteiger charge is 2.35. The van der Waals surface area contributed by atoms with Crippen LogP contribution in [-0.2, 0) is 10.0 Å². The molecule has 2 rings (SSSR count). The standard InChI is InChI=1S/C14H18ClNO4S/c1-9-4-3-7-16(10(9)2)21(19,20)13-8-11(14(17)18)5-6-12(13)15/h5-6,8-10H,3-4,7H2,1-2H3,(H,17,18). The molecule has 1 aromatic rings. The molecule has 1 fully saturated rings.